The van der Waals surface area contributed by atoms with Crippen LogP contribution in [0.3, 0.4) is 0 Å². The molecule has 1 aliphatic heterocycles. The molecule has 27 heavy (non-hydrogen) atoms. The first-order valence-electron chi connectivity index (χ1n) is 9.87. The zero-order valence-corrected chi connectivity index (χ0v) is 17.0. The van der Waals surface area contributed by atoms with Gasteiger partial charge in [0.2, 0.25) is 5.91 Å². The number of likely N-dealkylation sites (N-methyl/N-ethyl adjacent to an activating group) is 1. The van der Waals surface area contributed by atoms with Crippen molar-refractivity contribution in [1.82, 2.24) is 19.2 Å². The Morgan fingerprint density at radius 1 is 1.33 bits per heavy atom. The lowest BCUT2D eigenvalue weighted by atomic mass is 9.96. The van der Waals surface area contributed by atoms with E-state index < -0.39 is 0 Å². The smallest absolute Gasteiger partial charge is 0.340 e. The number of hydrogen-bond donors (Lipinski definition) is 0. The van der Waals surface area contributed by atoms with Gasteiger partial charge in [0.05, 0.1) is 12.5 Å². The molecule has 0 saturated carbocycles. The first-order chi connectivity index (χ1) is 12.8. The van der Waals surface area contributed by atoms with Crippen LogP contribution in [0.1, 0.15) is 62.0 Å². The Morgan fingerprint density at radius 2 is 2.07 bits per heavy atom. The van der Waals surface area contributed by atoms with E-state index in [0.717, 1.165) is 29.5 Å². The van der Waals surface area contributed by atoms with Gasteiger partial charge in [-0.1, -0.05) is 23.8 Å². The highest BCUT2D eigenvalue weighted by Gasteiger charge is 2.34. The van der Waals surface area contributed by atoms with E-state index in [1.165, 1.54) is 4.68 Å². The molecule has 2 heterocycles. The summed E-state index contributed by atoms with van der Waals surface area (Å²) in [7, 11) is 0. The molecule has 3 rings (SSSR count). The van der Waals surface area contributed by atoms with Gasteiger partial charge in [-0.3, -0.25) is 9.36 Å². The van der Waals surface area contributed by atoms with Gasteiger partial charge in [0.15, 0.2) is 0 Å². The van der Waals surface area contributed by atoms with Crippen molar-refractivity contribution >= 4 is 5.91 Å². The summed E-state index contributed by atoms with van der Waals surface area (Å²) in [6.45, 7) is 11.9. The van der Waals surface area contributed by atoms with Gasteiger partial charge in [0.25, 0.3) is 0 Å². The average Bonchev–Trinajstić information content (AvgIpc) is 2.94. The second kappa shape index (κ2) is 7.71. The van der Waals surface area contributed by atoms with Crippen LogP contribution < -0.4 is 5.69 Å². The summed E-state index contributed by atoms with van der Waals surface area (Å²) in [6, 6.07) is 6.38. The number of fused-ring (bicyclic) bond motifs is 1. The Morgan fingerprint density at radius 3 is 2.74 bits per heavy atom. The Bertz CT molecular complexity index is 894. The monoisotopic (exact) mass is 370 g/mol. The van der Waals surface area contributed by atoms with Crippen LogP contribution in [0.4, 0.5) is 0 Å². The first kappa shape index (κ1) is 19.4. The fraction of sp³-hybridized carbons (Fsp3) is 0.571. The van der Waals surface area contributed by atoms with Gasteiger partial charge in [-0.15, -0.1) is 0 Å². The van der Waals surface area contributed by atoms with Crippen LogP contribution in [0.25, 0.3) is 0 Å². The summed E-state index contributed by atoms with van der Waals surface area (Å²) in [5.74, 6) is 0.381. The lowest BCUT2D eigenvalue weighted by Crippen LogP contribution is -2.42. The fourth-order valence-corrected chi connectivity index (χ4v) is 3.95. The Labute approximate surface area is 160 Å². The molecule has 0 radical (unpaired) electrons. The number of aromatic nitrogens is 3. The quantitative estimate of drug-likeness (QED) is 0.813. The molecule has 6 nitrogen and oxygen atoms in total. The number of hydrogen-bond acceptors (Lipinski definition) is 3. The van der Waals surface area contributed by atoms with Gasteiger partial charge in [-0.25, -0.2) is 9.48 Å². The fourth-order valence-electron chi connectivity index (χ4n) is 3.95. The number of carbonyl (C=O) groups is 1. The van der Waals surface area contributed by atoms with Gasteiger partial charge in [-0.2, -0.15) is 5.10 Å². The third-order valence-corrected chi connectivity index (χ3v) is 5.51. The van der Waals surface area contributed by atoms with E-state index >= 15 is 0 Å². The predicted octanol–water partition coefficient (Wildman–Crippen LogP) is 2.84. The molecule has 0 N–H and O–H groups in total. The average molecular weight is 370 g/mol. The van der Waals surface area contributed by atoms with E-state index in [2.05, 4.69) is 23.3 Å². The number of rotatable bonds is 5. The molecule has 0 bridgehead atoms. The largest absolute Gasteiger partial charge is 0.346 e. The molecule has 0 saturated heterocycles. The van der Waals surface area contributed by atoms with Crippen LogP contribution in [-0.2, 0) is 17.9 Å². The van der Waals surface area contributed by atoms with Gasteiger partial charge < -0.3 is 4.90 Å². The van der Waals surface area contributed by atoms with Gasteiger partial charge in [0, 0.05) is 19.1 Å². The molecule has 6 heteroatoms. The summed E-state index contributed by atoms with van der Waals surface area (Å²) in [6.07, 6.45) is 1.58. The van der Waals surface area contributed by atoms with Crippen molar-refractivity contribution in [3.8, 4) is 0 Å². The second-order valence-electron chi connectivity index (χ2n) is 7.79. The Hall–Kier alpha value is -2.37. The summed E-state index contributed by atoms with van der Waals surface area (Å²) in [4.78, 5) is 27.8. The second-order valence-corrected chi connectivity index (χ2v) is 7.79. The molecule has 1 atom stereocenters. The molecule has 0 aliphatic carbocycles. The Kier molecular flexibility index (Phi) is 5.53. The van der Waals surface area contributed by atoms with E-state index in [4.69, 9.17) is 0 Å². The van der Waals surface area contributed by atoms with Gasteiger partial charge in [0.1, 0.15) is 5.82 Å². The number of amides is 1. The van der Waals surface area contributed by atoms with Crippen LogP contribution in [0.2, 0.25) is 0 Å². The highest BCUT2D eigenvalue weighted by Crippen LogP contribution is 2.27. The van der Waals surface area contributed by atoms with Crippen LogP contribution in [-0.4, -0.2) is 37.7 Å². The lowest BCUT2D eigenvalue weighted by Gasteiger charge is -2.30. The molecule has 1 aliphatic rings. The maximum absolute atomic E-state index is 13.1. The Balaban J connectivity index is 1.96. The van der Waals surface area contributed by atoms with E-state index in [0.29, 0.717) is 25.5 Å². The maximum atomic E-state index is 13.1. The van der Waals surface area contributed by atoms with Gasteiger partial charge >= 0.3 is 5.69 Å². The minimum Gasteiger partial charge on any atom is -0.340 e. The molecule has 2 aromatic rings. The summed E-state index contributed by atoms with van der Waals surface area (Å²) in [5.41, 5.74) is 3.28. The van der Waals surface area contributed by atoms with Crippen molar-refractivity contribution < 1.29 is 4.79 Å². The van der Waals surface area contributed by atoms with Gasteiger partial charge in [-0.05, 0) is 58.6 Å². The third-order valence-electron chi connectivity index (χ3n) is 5.51. The van der Waals surface area contributed by atoms with Crippen molar-refractivity contribution in [3.05, 3.63) is 51.2 Å². The molecule has 146 valence electrons. The standard InChI is InChI=1S/C21H30N4O2/c1-6-23(14(2)3)20(26)18-8-7-11-24-19(18)22-25(21(24)27)13-17-12-15(4)9-10-16(17)5/h9-10,12,14,18H,6-8,11,13H2,1-5H3. The van der Waals surface area contributed by atoms with E-state index in [1.807, 2.05) is 39.5 Å². The molecular formula is C21H30N4O2. The number of benzene rings is 1. The number of nitrogens with zero attached hydrogens (tertiary/aromatic N) is 4. The van der Waals surface area contributed by atoms with Crippen molar-refractivity contribution in [2.75, 3.05) is 6.54 Å². The summed E-state index contributed by atoms with van der Waals surface area (Å²) in [5, 5.41) is 4.61. The van der Waals surface area contributed by atoms with Crippen LogP contribution in [0, 0.1) is 13.8 Å². The number of aryl methyl sites for hydroxylation is 2. The van der Waals surface area contributed by atoms with Crippen molar-refractivity contribution in [3.63, 3.8) is 0 Å². The summed E-state index contributed by atoms with van der Waals surface area (Å²) >= 11 is 0. The van der Waals surface area contributed by atoms with Crippen LogP contribution in [0.15, 0.2) is 23.0 Å². The first-order valence-corrected chi connectivity index (χ1v) is 9.87. The maximum Gasteiger partial charge on any atom is 0.346 e. The lowest BCUT2D eigenvalue weighted by molar-refractivity contribution is -0.135. The van der Waals surface area contributed by atoms with E-state index in [-0.39, 0.29) is 23.6 Å². The SMILES string of the molecule is CCN(C(=O)C1CCCn2c1nn(Cc1cc(C)ccc1C)c2=O)C(C)C. The molecule has 1 aromatic heterocycles. The third kappa shape index (κ3) is 3.70. The zero-order chi connectivity index (χ0) is 19.7. The molecule has 1 aromatic carbocycles. The molecule has 0 fully saturated rings. The molecular weight excluding hydrogens is 340 g/mol. The minimum absolute atomic E-state index is 0.0809. The van der Waals surface area contributed by atoms with Crippen LogP contribution >= 0.6 is 0 Å². The zero-order valence-electron chi connectivity index (χ0n) is 17.0. The summed E-state index contributed by atoms with van der Waals surface area (Å²) < 4.78 is 3.22. The highest BCUT2D eigenvalue weighted by atomic mass is 16.2. The normalized spacial score (nSPS) is 16.4. The van der Waals surface area contributed by atoms with Crippen molar-refractivity contribution in [2.24, 2.45) is 0 Å². The minimum atomic E-state index is -0.325. The van der Waals surface area contributed by atoms with Crippen molar-refractivity contribution in [2.45, 2.75) is 72.5 Å². The van der Waals surface area contributed by atoms with Crippen LogP contribution in [0.5, 0.6) is 0 Å². The predicted molar refractivity (Wildman–Crippen MR) is 106 cm³/mol. The van der Waals surface area contributed by atoms with E-state index in [9.17, 15) is 9.59 Å². The number of carbonyl (C=O) groups excluding carboxylic acids is 1. The topological polar surface area (TPSA) is 60.1 Å². The molecule has 1 amide bonds. The molecule has 0 spiro atoms. The van der Waals surface area contributed by atoms with E-state index in [1.54, 1.807) is 4.57 Å². The highest BCUT2D eigenvalue weighted by molar-refractivity contribution is 5.83. The van der Waals surface area contributed by atoms with Crippen molar-refractivity contribution in [1.29, 1.82) is 0 Å². The molecule has 1 unspecified atom stereocenters.